The maximum Gasteiger partial charge on any atom is 0.251 e. The van der Waals surface area contributed by atoms with Gasteiger partial charge >= 0.3 is 0 Å². The van der Waals surface area contributed by atoms with Gasteiger partial charge in [0, 0.05) is 41.4 Å². The summed E-state index contributed by atoms with van der Waals surface area (Å²) in [6.45, 7) is 12.5. The number of nitrogens with zero attached hydrogens (tertiary/aromatic N) is 1. The first-order valence-corrected chi connectivity index (χ1v) is 10.8. The van der Waals surface area contributed by atoms with Crippen LogP contribution in [0.4, 0.5) is 0 Å². The van der Waals surface area contributed by atoms with Crippen molar-refractivity contribution in [2.45, 2.75) is 58.9 Å². The Kier molecular flexibility index (Phi) is 7.34. The summed E-state index contributed by atoms with van der Waals surface area (Å²) < 4.78 is 0. The number of Topliss-reactive ketones (excluding diaryl/α,β-unsaturated/α-hetero) is 1. The molecule has 2 aromatic carbocycles. The van der Waals surface area contributed by atoms with Gasteiger partial charge < -0.3 is 15.3 Å². The second-order valence-corrected chi connectivity index (χ2v) is 10.5. The number of benzene rings is 2. The third kappa shape index (κ3) is 5.22. The Morgan fingerprint density at radius 3 is 2.03 bits per heavy atom. The molecule has 178 valence electrons. The van der Waals surface area contributed by atoms with Crippen molar-refractivity contribution in [3.05, 3.63) is 63.7 Å². The summed E-state index contributed by atoms with van der Waals surface area (Å²) in [5.74, 6) is 0.236. The summed E-state index contributed by atoms with van der Waals surface area (Å²) in [7, 11) is 1.58. The number of phenolic OH excluding ortho intramolecular Hbond substituents is 1. The minimum absolute atomic E-state index is 0. The molecule has 2 aromatic rings. The Bertz CT molecular complexity index is 1080. The normalized spacial score (nSPS) is 13.4. The van der Waals surface area contributed by atoms with Crippen LogP contribution in [0, 0.1) is 5.41 Å². The molecule has 1 aliphatic rings. The maximum absolute atomic E-state index is 13.3. The molecule has 1 aliphatic heterocycles. The Balaban J connectivity index is 0.00000385. The number of halogens is 1. The van der Waals surface area contributed by atoms with Crippen molar-refractivity contribution in [3.63, 3.8) is 0 Å². The molecular formula is C26H34ClN3O3. The fourth-order valence-electron chi connectivity index (χ4n) is 4.03. The highest BCUT2D eigenvalue weighted by atomic mass is 35.5. The predicted molar refractivity (Wildman–Crippen MR) is 134 cm³/mol. The van der Waals surface area contributed by atoms with Crippen LogP contribution in [-0.4, -0.2) is 41.1 Å². The minimum atomic E-state index is -0.326. The number of amides is 1. The van der Waals surface area contributed by atoms with E-state index in [1.54, 1.807) is 42.3 Å². The number of aromatic hydroxyl groups is 1. The first-order valence-electron chi connectivity index (χ1n) is 10.8. The van der Waals surface area contributed by atoms with Gasteiger partial charge in [0.05, 0.1) is 6.54 Å². The molecule has 6 nitrogen and oxygen atoms in total. The van der Waals surface area contributed by atoms with E-state index < -0.39 is 0 Å². The SMILES string of the molecule is CNC(=O)c1ccc2c(c1)CN(CC(=O)c1cc(C(C)(C)C)c(O)c(C(C)(C)C)c1)C2=N.Cl. The topological polar surface area (TPSA) is 93.5 Å². The highest BCUT2D eigenvalue weighted by molar-refractivity contribution is 6.06. The number of hydrogen-bond donors (Lipinski definition) is 3. The molecule has 33 heavy (non-hydrogen) atoms. The van der Waals surface area contributed by atoms with Gasteiger partial charge in [0.25, 0.3) is 5.91 Å². The third-order valence-corrected chi connectivity index (χ3v) is 5.91. The van der Waals surface area contributed by atoms with E-state index in [4.69, 9.17) is 5.41 Å². The van der Waals surface area contributed by atoms with Gasteiger partial charge in [0.15, 0.2) is 5.78 Å². The molecule has 3 rings (SSSR count). The molecule has 7 heteroatoms. The fraction of sp³-hybridized carbons (Fsp3) is 0.423. The zero-order valence-electron chi connectivity index (χ0n) is 20.4. The summed E-state index contributed by atoms with van der Waals surface area (Å²) in [6, 6.07) is 8.81. The van der Waals surface area contributed by atoms with Crippen molar-refractivity contribution in [2.24, 2.45) is 0 Å². The first-order chi connectivity index (χ1) is 14.7. The number of ketones is 1. The lowest BCUT2D eigenvalue weighted by atomic mass is 9.78. The van der Waals surface area contributed by atoms with E-state index in [1.165, 1.54) is 0 Å². The largest absolute Gasteiger partial charge is 0.507 e. The minimum Gasteiger partial charge on any atom is -0.507 e. The van der Waals surface area contributed by atoms with Crippen LogP contribution in [0.2, 0.25) is 0 Å². The predicted octanol–water partition coefficient (Wildman–Crippen LogP) is 4.79. The molecule has 0 fully saturated rings. The Hall–Kier alpha value is -2.86. The average Bonchev–Trinajstić information content (AvgIpc) is 3.00. The van der Waals surface area contributed by atoms with E-state index in [9.17, 15) is 14.7 Å². The van der Waals surface area contributed by atoms with Crippen LogP contribution in [0.25, 0.3) is 0 Å². The zero-order chi connectivity index (χ0) is 24.0. The second kappa shape index (κ2) is 9.18. The Morgan fingerprint density at radius 2 is 1.55 bits per heavy atom. The Morgan fingerprint density at radius 1 is 1.00 bits per heavy atom. The standard InChI is InChI=1S/C26H33N3O3.ClH/c1-25(2,3)19-11-16(12-20(22(19)31)26(4,5)6)21(30)14-29-13-17-10-15(24(32)28-7)8-9-18(17)23(29)27;/h8-12,27,31H,13-14H2,1-7H3,(H,28,32);1H. The van der Waals surface area contributed by atoms with Crippen LogP contribution in [-0.2, 0) is 17.4 Å². The molecule has 1 amide bonds. The first kappa shape index (κ1) is 26.4. The number of hydrogen-bond acceptors (Lipinski definition) is 4. The van der Waals surface area contributed by atoms with E-state index in [0.717, 1.165) is 22.3 Å². The van der Waals surface area contributed by atoms with Crippen molar-refractivity contribution in [2.75, 3.05) is 13.6 Å². The van der Waals surface area contributed by atoms with Crippen LogP contribution < -0.4 is 5.32 Å². The number of amidine groups is 1. The summed E-state index contributed by atoms with van der Waals surface area (Å²) >= 11 is 0. The van der Waals surface area contributed by atoms with E-state index in [1.807, 2.05) is 41.5 Å². The Labute approximate surface area is 202 Å². The van der Waals surface area contributed by atoms with Gasteiger partial charge in [-0.25, -0.2) is 0 Å². The lowest BCUT2D eigenvalue weighted by molar-refractivity contribution is 0.0953. The summed E-state index contributed by atoms with van der Waals surface area (Å²) in [5.41, 5.74) is 3.50. The van der Waals surface area contributed by atoms with Crippen LogP contribution in [0.3, 0.4) is 0 Å². The smallest absolute Gasteiger partial charge is 0.251 e. The molecule has 1 heterocycles. The van der Waals surface area contributed by atoms with Gasteiger partial charge in [0.2, 0.25) is 0 Å². The fourth-order valence-corrected chi connectivity index (χ4v) is 4.03. The third-order valence-electron chi connectivity index (χ3n) is 5.91. The van der Waals surface area contributed by atoms with Gasteiger partial charge in [-0.2, -0.15) is 0 Å². The molecule has 0 aromatic heterocycles. The average molecular weight is 472 g/mol. The molecule has 0 spiro atoms. The molecule has 0 saturated carbocycles. The van der Waals surface area contributed by atoms with E-state index in [2.05, 4.69) is 5.32 Å². The molecule has 0 aliphatic carbocycles. The van der Waals surface area contributed by atoms with Crippen LogP contribution >= 0.6 is 12.4 Å². The highest BCUT2D eigenvalue weighted by Crippen LogP contribution is 2.40. The quantitative estimate of drug-likeness (QED) is 0.558. The summed E-state index contributed by atoms with van der Waals surface area (Å²) in [4.78, 5) is 27.0. The second-order valence-electron chi connectivity index (χ2n) is 10.5. The molecule has 0 radical (unpaired) electrons. The van der Waals surface area contributed by atoms with Crippen molar-refractivity contribution in [1.29, 1.82) is 5.41 Å². The van der Waals surface area contributed by atoms with E-state index >= 15 is 0 Å². The number of nitrogens with one attached hydrogen (secondary N) is 2. The lowest BCUT2D eigenvalue weighted by Gasteiger charge is -2.28. The summed E-state index contributed by atoms with van der Waals surface area (Å²) in [5, 5.41) is 22.0. The van der Waals surface area contributed by atoms with E-state index in [-0.39, 0.29) is 53.1 Å². The molecular weight excluding hydrogens is 438 g/mol. The van der Waals surface area contributed by atoms with Crippen molar-refractivity contribution in [3.8, 4) is 5.75 Å². The highest BCUT2D eigenvalue weighted by Gasteiger charge is 2.30. The van der Waals surface area contributed by atoms with Crippen LogP contribution in [0.15, 0.2) is 30.3 Å². The van der Waals surface area contributed by atoms with Crippen molar-refractivity contribution in [1.82, 2.24) is 10.2 Å². The molecule has 3 N–H and O–H groups in total. The molecule has 0 atom stereocenters. The van der Waals surface area contributed by atoms with Crippen molar-refractivity contribution >= 4 is 29.9 Å². The van der Waals surface area contributed by atoms with Gasteiger partial charge in [-0.1, -0.05) is 47.6 Å². The monoisotopic (exact) mass is 471 g/mol. The maximum atomic E-state index is 13.3. The number of carbonyl (C=O) groups excluding carboxylic acids is 2. The molecule has 0 saturated heterocycles. The number of rotatable bonds is 4. The summed E-state index contributed by atoms with van der Waals surface area (Å²) in [6.07, 6.45) is 0. The number of carbonyl (C=O) groups is 2. The van der Waals surface area contributed by atoms with Gasteiger partial charge in [0.1, 0.15) is 11.6 Å². The number of fused-ring (bicyclic) bond motifs is 1. The van der Waals surface area contributed by atoms with Gasteiger partial charge in [-0.3, -0.25) is 15.0 Å². The van der Waals surface area contributed by atoms with Gasteiger partial charge in [-0.15, -0.1) is 12.4 Å². The number of phenols is 1. The molecule has 0 bridgehead atoms. The van der Waals surface area contributed by atoms with Gasteiger partial charge in [-0.05, 0) is 40.7 Å². The van der Waals surface area contributed by atoms with E-state index in [0.29, 0.717) is 17.7 Å². The lowest BCUT2D eigenvalue weighted by Crippen LogP contribution is -2.30. The van der Waals surface area contributed by atoms with Crippen LogP contribution in [0.1, 0.15) is 84.5 Å². The van der Waals surface area contributed by atoms with Crippen LogP contribution in [0.5, 0.6) is 5.75 Å². The molecule has 0 unspecified atom stereocenters. The van der Waals surface area contributed by atoms with Crippen molar-refractivity contribution < 1.29 is 14.7 Å². The zero-order valence-corrected chi connectivity index (χ0v) is 21.2.